The van der Waals surface area contributed by atoms with E-state index in [1.54, 1.807) is 18.2 Å². The number of amides is 1. The highest BCUT2D eigenvalue weighted by Gasteiger charge is 2.23. The number of sulfonamides is 1. The van der Waals surface area contributed by atoms with Crippen LogP contribution in [0.5, 0.6) is 17.2 Å². The molecular formula is C17H15NO6S. The summed E-state index contributed by atoms with van der Waals surface area (Å²) in [7, 11) is -4.02. The van der Waals surface area contributed by atoms with Gasteiger partial charge in [0.25, 0.3) is 15.9 Å². The van der Waals surface area contributed by atoms with E-state index in [0.717, 1.165) is 11.3 Å². The van der Waals surface area contributed by atoms with Crippen LogP contribution in [0, 0.1) is 0 Å². The van der Waals surface area contributed by atoms with Crippen LogP contribution in [0.3, 0.4) is 0 Å². The number of carbonyl (C=O) groups is 1. The first-order valence-corrected chi connectivity index (χ1v) is 9.24. The molecule has 0 radical (unpaired) electrons. The maximum atomic E-state index is 12.5. The predicted molar refractivity (Wildman–Crippen MR) is 87.7 cm³/mol. The molecule has 2 aromatic rings. The molecule has 2 heterocycles. The lowest BCUT2D eigenvalue weighted by Gasteiger charge is -2.18. The van der Waals surface area contributed by atoms with E-state index in [0.29, 0.717) is 37.7 Å². The van der Waals surface area contributed by atoms with Crippen molar-refractivity contribution in [2.75, 3.05) is 19.8 Å². The van der Waals surface area contributed by atoms with Gasteiger partial charge in [-0.1, -0.05) is 0 Å². The summed E-state index contributed by atoms with van der Waals surface area (Å²) in [5.41, 5.74) is 1.16. The van der Waals surface area contributed by atoms with E-state index < -0.39 is 15.9 Å². The van der Waals surface area contributed by atoms with Crippen LogP contribution in [-0.2, 0) is 16.4 Å². The van der Waals surface area contributed by atoms with E-state index in [1.165, 1.54) is 18.2 Å². The molecule has 25 heavy (non-hydrogen) atoms. The van der Waals surface area contributed by atoms with Crippen molar-refractivity contribution in [1.82, 2.24) is 4.72 Å². The smallest absolute Gasteiger partial charge is 0.265 e. The summed E-state index contributed by atoms with van der Waals surface area (Å²) in [4.78, 5) is 12.3. The van der Waals surface area contributed by atoms with Gasteiger partial charge in [-0.2, -0.15) is 0 Å². The van der Waals surface area contributed by atoms with Gasteiger partial charge in [0.2, 0.25) is 0 Å². The highest BCUT2D eigenvalue weighted by atomic mass is 32.2. The molecule has 130 valence electrons. The molecule has 0 spiro atoms. The lowest BCUT2D eigenvalue weighted by molar-refractivity contribution is 0.0981. The number of hydrogen-bond donors (Lipinski definition) is 1. The molecule has 2 aliphatic heterocycles. The van der Waals surface area contributed by atoms with Gasteiger partial charge in [-0.3, -0.25) is 4.79 Å². The summed E-state index contributed by atoms with van der Waals surface area (Å²) in [5, 5.41) is 0. The molecule has 1 amide bonds. The van der Waals surface area contributed by atoms with Crippen LogP contribution in [0.4, 0.5) is 0 Å². The molecule has 0 unspecified atom stereocenters. The molecule has 2 aliphatic rings. The van der Waals surface area contributed by atoms with Crippen molar-refractivity contribution in [1.29, 1.82) is 0 Å². The molecule has 0 fully saturated rings. The van der Waals surface area contributed by atoms with Gasteiger partial charge >= 0.3 is 0 Å². The zero-order valence-corrected chi connectivity index (χ0v) is 14.0. The molecule has 0 aliphatic carbocycles. The van der Waals surface area contributed by atoms with E-state index in [1.807, 2.05) is 0 Å². The fourth-order valence-electron chi connectivity index (χ4n) is 2.76. The molecule has 2 aromatic carbocycles. The first kappa shape index (κ1) is 15.8. The van der Waals surface area contributed by atoms with E-state index in [-0.39, 0.29) is 10.5 Å². The normalized spacial score (nSPS) is 15.2. The van der Waals surface area contributed by atoms with Crippen molar-refractivity contribution in [3.8, 4) is 17.2 Å². The standard InChI is InChI=1S/C17H15NO6S/c19-17(12-1-3-14-11(9-12)5-6-22-14)18-25(20,21)13-2-4-15-16(10-13)24-8-7-23-15/h1-4,9-10H,5-8H2,(H,18,19). The summed E-state index contributed by atoms with van der Waals surface area (Å²) in [6, 6.07) is 9.10. The fourth-order valence-corrected chi connectivity index (χ4v) is 3.75. The molecule has 4 rings (SSSR count). The van der Waals surface area contributed by atoms with Crippen molar-refractivity contribution in [3.05, 3.63) is 47.5 Å². The Morgan fingerprint density at radius 3 is 2.44 bits per heavy atom. The van der Waals surface area contributed by atoms with Crippen molar-refractivity contribution in [2.45, 2.75) is 11.3 Å². The summed E-state index contributed by atoms with van der Waals surface area (Å²) in [6.45, 7) is 1.33. The number of carbonyl (C=O) groups excluding carboxylic acids is 1. The Morgan fingerprint density at radius 2 is 1.60 bits per heavy atom. The number of hydrogen-bond acceptors (Lipinski definition) is 6. The van der Waals surface area contributed by atoms with Crippen LogP contribution in [0.15, 0.2) is 41.3 Å². The first-order chi connectivity index (χ1) is 12.0. The number of fused-ring (bicyclic) bond motifs is 2. The quantitative estimate of drug-likeness (QED) is 0.891. The van der Waals surface area contributed by atoms with Gasteiger partial charge in [-0.25, -0.2) is 13.1 Å². The van der Waals surface area contributed by atoms with Crippen molar-refractivity contribution in [2.24, 2.45) is 0 Å². The average Bonchev–Trinajstić information content (AvgIpc) is 3.08. The number of ether oxygens (including phenoxy) is 3. The number of nitrogens with one attached hydrogen (secondary N) is 1. The van der Waals surface area contributed by atoms with Crippen molar-refractivity contribution in [3.63, 3.8) is 0 Å². The lowest BCUT2D eigenvalue weighted by atomic mass is 10.1. The molecule has 0 saturated heterocycles. The van der Waals surface area contributed by atoms with Gasteiger partial charge in [0.05, 0.1) is 11.5 Å². The fraction of sp³-hybridized carbons (Fsp3) is 0.235. The topological polar surface area (TPSA) is 90.9 Å². The minimum absolute atomic E-state index is 0.0606. The van der Waals surface area contributed by atoms with Crippen LogP contribution in [-0.4, -0.2) is 34.1 Å². The third-order valence-corrected chi connectivity index (χ3v) is 5.33. The molecule has 0 bridgehead atoms. The Balaban J connectivity index is 1.57. The first-order valence-electron chi connectivity index (χ1n) is 7.75. The molecule has 8 heteroatoms. The van der Waals surface area contributed by atoms with Crippen LogP contribution in [0.25, 0.3) is 0 Å². The molecule has 0 atom stereocenters. The maximum Gasteiger partial charge on any atom is 0.265 e. The minimum atomic E-state index is -4.02. The van der Waals surface area contributed by atoms with E-state index in [9.17, 15) is 13.2 Å². The molecule has 7 nitrogen and oxygen atoms in total. The van der Waals surface area contributed by atoms with E-state index in [4.69, 9.17) is 14.2 Å². The van der Waals surface area contributed by atoms with Crippen molar-refractivity contribution < 1.29 is 27.4 Å². The van der Waals surface area contributed by atoms with Gasteiger partial charge in [-0.15, -0.1) is 0 Å². The molecular weight excluding hydrogens is 346 g/mol. The minimum Gasteiger partial charge on any atom is -0.493 e. The highest BCUT2D eigenvalue weighted by Crippen LogP contribution is 2.32. The van der Waals surface area contributed by atoms with Gasteiger partial charge in [0, 0.05) is 18.1 Å². The second-order valence-corrected chi connectivity index (χ2v) is 7.34. The number of rotatable bonds is 3. The predicted octanol–water partition coefficient (Wildman–Crippen LogP) is 1.51. The summed E-state index contributed by atoms with van der Waals surface area (Å²) >= 11 is 0. The largest absolute Gasteiger partial charge is 0.493 e. The average molecular weight is 361 g/mol. The summed E-state index contributed by atoms with van der Waals surface area (Å²) in [5.74, 6) is 0.863. The SMILES string of the molecule is O=C(NS(=O)(=O)c1ccc2c(c1)OCCO2)c1ccc2c(c1)CCO2. The number of benzene rings is 2. The second-order valence-electron chi connectivity index (χ2n) is 5.66. The van der Waals surface area contributed by atoms with E-state index >= 15 is 0 Å². The zero-order valence-electron chi connectivity index (χ0n) is 13.2. The Morgan fingerprint density at radius 1 is 0.880 bits per heavy atom. The Kier molecular flexibility index (Phi) is 3.76. The van der Waals surface area contributed by atoms with Gasteiger partial charge in [-0.05, 0) is 35.9 Å². The summed E-state index contributed by atoms with van der Waals surface area (Å²) < 4.78 is 43.2. The maximum absolute atomic E-state index is 12.5. The molecule has 0 saturated carbocycles. The third-order valence-electron chi connectivity index (χ3n) is 4.00. The zero-order chi connectivity index (χ0) is 17.4. The molecule has 0 aromatic heterocycles. The van der Waals surface area contributed by atoms with E-state index in [2.05, 4.69) is 4.72 Å². The summed E-state index contributed by atoms with van der Waals surface area (Å²) in [6.07, 6.45) is 0.700. The van der Waals surface area contributed by atoms with Crippen LogP contribution >= 0.6 is 0 Å². The monoisotopic (exact) mass is 361 g/mol. The van der Waals surface area contributed by atoms with Gasteiger partial charge in [0.1, 0.15) is 19.0 Å². The Bertz CT molecular complexity index is 954. The van der Waals surface area contributed by atoms with Crippen LogP contribution in [0.2, 0.25) is 0 Å². The third kappa shape index (κ3) is 3.00. The van der Waals surface area contributed by atoms with Gasteiger partial charge < -0.3 is 14.2 Å². The highest BCUT2D eigenvalue weighted by molar-refractivity contribution is 7.90. The Hall–Kier alpha value is -2.74. The lowest BCUT2D eigenvalue weighted by Crippen LogP contribution is -2.30. The second kappa shape index (κ2) is 5.96. The van der Waals surface area contributed by atoms with Gasteiger partial charge in [0.15, 0.2) is 11.5 Å². The Labute approximate surface area is 144 Å². The van der Waals surface area contributed by atoms with Crippen molar-refractivity contribution >= 4 is 15.9 Å². The van der Waals surface area contributed by atoms with Crippen LogP contribution < -0.4 is 18.9 Å². The molecule has 1 N–H and O–H groups in total. The van der Waals surface area contributed by atoms with Crippen LogP contribution in [0.1, 0.15) is 15.9 Å².